The van der Waals surface area contributed by atoms with E-state index >= 15 is 4.39 Å². The summed E-state index contributed by atoms with van der Waals surface area (Å²) in [6.07, 6.45) is 2.95. The number of halogens is 4. The first kappa shape index (κ1) is 27.1. The second-order valence-electron chi connectivity index (χ2n) is 8.23. The maximum Gasteiger partial charge on any atom is 0.308 e. The Balaban J connectivity index is 1.65. The Morgan fingerprint density at radius 1 is 0.900 bits per heavy atom. The van der Waals surface area contributed by atoms with E-state index < -0.39 is 44.1 Å². The fourth-order valence-electron chi connectivity index (χ4n) is 3.69. The lowest BCUT2D eigenvalue weighted by molar-refractivity contribution is 0.516. The van der Waals surface area contributed by atoms with Gasteiger partial charge in [-0.3, -0.25) is 4.72 Å². The van der Waals surface area contributed by atoms with Crippen LogP contribution < -0.4 is 10.0 Å². The summed E-state index contributed by atoms with van der Waals surface area (Å²) in [5, 5.41) is 3.10. The normalized spacial score (nSPS) is 11.4. The number of thiazole rings is 1. The van der Waals surface area contributed by atoms with Crippen LogP contribution in [0.2, 0.25) is 0 Å². The zero-order valence-corrected chi connectivity index (χ0v) is 22.2. The van der Waals surface area contributed by atoms with Crippen molar-refractivity contribution >= 4 is 33.0 Å². The van der Waals surface area contributed by atoms with Crippen LogP contribution in [-0.4, -0.2) is 40.4 Å². The van der Waals surface area contributed by atoms with E-state index in [0.29, 0.717) is 21.1 Å². The summed E-state index contributed by atoms with van der Waals surface area (Å²) < 4.78 is 86.0. The van der Waals surface area contributed by atoms with E-state index in [2.05, 4.69) is 30.2 Å². The number of hydrogen-bond acceptors (Lipinski definition) is 9. The van der Waals surface area contributed by atoms with Crippen molar-refractivity contribution in [3.8, 4) is 32.4 Å². The molecule has 0 bridgehead atoms. The average molecular weight is 588 g/mol. The van der Waals surface area contributed by atoms with Gasteiger partial charge in [0.05, 0.1) is 22.0 Å². The number of nitrogens with zero attached hydrogens (tertiary/aromatic N) is 5. The number of aromatic nitrogens is 5. The van der Waals surface area contributed by atoms with Crippen molar-refractivity contribution in [2.45, 2.75) is 11.8 Å². The van der Waals surface area contributed by atoms with Crippen LogP contribution in [0, 0.1) is 30.5 Å². The highest BCUT2D eigenvalue weighted by molar-refractivity contribution is 7.92. The Hall–Kier alpha value is -4.50. The molecule has 3 heterocycles. The molecule has 9 nitrogen and oxygen atoms in total. The molecule has 5 aromatic rings. The van der Waals surface area contributed by atoms with Crippen molar-refractivity contribution in [1.82, 2.24) is 24.9 Å². The largest absolute Gasteiger partial charge is 0.357 e. The lowest BCUT2D eigenvalue weighted by atomic mass is 10.1. The molecular weight excluding hydrogens is 570 g/mol. The second-order valence-corrected chi connectivity index (χ2v) is 10.9. The molecule has 0 saturated carbocycles. The number of aryl methyl sites for hydroxylation is 1. The number of anilines is 2. The van der Waals surface area contributed by atoms with Crippen LogP contribution in [0.25, 0.3) is 32.4 Å². The molecule has 40 heavy (non-hydrogen) atoms. The Bertz CT molecular complexity index is 1850. The van der Waals surface area contributed by atoms with Gasteiger partial charge in [0.2, 0.25) is 5.95 Å². The van der Waals surface area contributed by atoms with Crippen LogP contribution in [0.3, 0.4) is 0 Å². The summed E-state index contributed by atoms with van der Waals surface area (Å²) in [4.78, 5) is 19.2. The van der Waals surface area contributed by atoms with Gasteiger partial charge in [-0.05, 0) is 36.8 Å². The third-order valence-electron chi connectivity index (χ3n) is 5.62. The van der Waals surface area contributed by atoms with E-state index in [1.54, 1.807) is 13.1 Å². The van der Waals surface area contributed by atoms with Gasteiger partial charge >= 0.3 is 6.08 Å². The molecule has 0 aliphatic rings. The fourth-order valence-corrected chi connectivity index (χ4v) is 5.99. The van der Waals surface area contributed by atoms with Crippen LogP contribution in [-0.2, 0) is 10.0 Å². The molecule has 0 aliphatic heterocycles. The summed E-state index contributed by atoms with van der Waals surface area (Å²) in [5.74, 6) is -3.41. The van der Waals surface area contributed by atoms with Gasteiger partial charge in [0.25, 0.3) is 10.0 Å². The van der Waals surface area contributed by atoms with Crippen molar-refractivity contribution < 1.29 is 26.0 Å². The van der Waals surface area contributed by atoms with Crippen molar-refractivity contribution in [2.75, 3.05) is 17.1 Å². The van der Waals surface area contributed by atoms with Crippen molar-refractivity contribution in [2.24, 2.45) is 0 Å². The monoisotopic (exact) mass is 587 g/mol. The van der Waals surface area contributed by atoms with Gasteiger partial charge in [0.1, 0.15) is 16.6 Å². The van der Waals surface area contributed by atoms with E-state index in [4.69, 9.17) is 0 Å². The number of rotatable bonds is 7. The van der Waals surface area contributed by atoms with Crippen LogP contribution >= 0.6 is 11.3 Å². The highest BCUT2D eigenvalue weighted by Gasteiger charge is 2.28. The lowest BCUT2D eigenvalue weighted by Crippen LogP contribution is -2.18. The van der Waals surface area contributed by atoms with Crippen LogP contribution in [0.15, 0.2) is 59.9 Å². The molecule has 0 aliphatic carbocycles. The van der Waals surface area contributed by atoms with Gasteiger partial charge in [0, 0.05) is 36.8 Å². The average Bonchev–Trinajstić information content (AvgIpc) is 3.37. The van der Waals surface area contributed by atoms with E-state index in [9.17, 15) is 21.6 Å². The van der Waals surface area contributed by atoms with Crippen molar-refractivity contribution in [1.29, 1.82) is 0 Å². The van der Waals surface area contributed by atoms with Crippen LogP contribution in [0.1, 0.15) is 5.56 Å². The molecule has 0 unspecified atom stereocenters. The maximum absolute atomic E-state index is 15.9. The quantitative estimate of drug-likeness (QED) is 0.191. The minimum atomic E-state index is -4.87. The molecule has 0 atom stereocenters. The summed E-state index contributed by atoms with van der Waals surface area (Å²) in [7, 11) is -3.26. The fraction of sp³-hybridized carbons (Fsp3) is 0.0800. The predicted molar refractivity (Wildman–Crippen MR) is 141 cm³/mol. The molecule has 15 heteroatoms. The molecule has 0 fully saturated rings. The second kappa shape index (κ2) is 10.6. The summed E-state index contributed by atoms with van der Waals surface area (Å²) >= 11 is 1.08. The molecule has 0 spiro atoms. The Morgan fingerprint density at radius 3 is 2.38 bits per heavy atom. The van der Waals surface area contributed by atoms with E-state index in [1.165, 1.54) is 37.6 Å². The minimum absolute atomic E-state index is 0.0662. The predicted octanol–water partition coefficient (Wildman–Crippen LogP) is 5.43. The summed E-state index contributed by atoms with van der Waals surface area (Å²) in [6, 6.07) is 7.27. The Kier molecular flexibility index (Phi) is 7.16. The van der Waals surface area contributed by atoms with Crippen molar-refractivity contribution in [3.05, 3.63) is 84.1 Å². The van der Waals surface area contributed by atoms with Gasteiger partial charge in [-0.2, -0.15) is 4.39 Å². The highest BCUT2D eigenvalue weighted by Crippen LogP contribution is 2.42. The first-order chi connectivity index (χ1) is 19.1. The number of sulfonamides is 1. The third kappa shape index (κ3) is 5.08. The zero-order chi connectivity index (χ0) is 28.6. The maximum atomic E-state index is 15.9. The van der Waals surface area contributed by atoms with Gasteiger partial charge < -0.3 is 5.32 Å². The molecule has 0 amide bonds. The highest BCUT2D eigenvalue weighted by atomic mass is 32.2. The van der Waals surface area contributed by atoms with Crippen molar-refractivity contribution in [3.63, 3.8) is 0 Å². The molecule has 5 rings (SSSR count). The lowest BCUT2D eigenvalue weighted by Gasteiger charge is -2.13. The van der Waals surface area contributed by atoms with E-state index in [0.717, 1.165) is 29.5 Å². The summed E-state index contributed by atoms with van der Waals surface area (Å²) in [6.45, 7) is 1.27. The Morgan fingerprint density at radius 2 is 1.65 bits per heavy atom. The van der Waals surface area contributed by atoms with E-state index in [-0.39, 0.29) is 22.8 Å². The summed E-state index contributed by atoms with van der Waals surface area (Å²) in [5.41, 5.74) is -0.0554. The van der Waals surface area contributed by atoms with Gasteiger partial charge in [0.15, 0.2) is 10.7 Å². The van der Waals surface area contributed by atoms with Crippen LogP contribution in [0.5, 0.6) is 0 Å². The molecular formula is C25H17F4N7O2S2. The third-order valence-corrected chi connectivity index (χ3v) is 8.14. The first-order valence-corrected chi connectivity index (χ1v) is 13.6. The molecule has 0 saturated heterocycles. The molecule has 2 N–H and O–H groups in total. The van der Waals surface area contributed by atoms with Crippen LogP contribution in [0.4, 0.5) is 29.2 Å². The molecule has 2 aromatic carbocycles. The number of nitrogens with one attached hydrogen (secondary N) is 2. The molecule has 3 aromatic heterocycles. The Labute approximate surface area is 229 Å². The topological polar surface area (TPSA) is 123 Å². The van der Waals surface area contributed by atoms with Gasteiger partial charge in [-0.25, -0.2) is 46.5 Å². The SMILES string of the molecule is CNc1nccc(-c2sc(-c3cnc(F)nc3)nc2-c2cccc(NS(=O)(=O)c3c(F)ccc(C)c3F)c2F)n1. The minimum Gasteiger partial charge on any atom is -0.357 e. The zero-order valence-electron chi connectivity index (χ0n) is 20.6. The molecule has 0 radical (unpaired) electrons. The van der Waals surface area contributed by atoms with E-state index in [1.807, 2.05) is 4.72 Å². The smallest absolute Gasteiger partial charge is 0.308 e. The number of hydrogen-bond donors (Lipinski definition) is 2. The first-order valence-electron chi connectivity index (χ1n) is 11.3. The van der Waals surface area contributed by atoms with Gasteiger partial charge in [-0.1, -0.05) is 12.1 Å². The number of benzene rings is 2. The standard InChI is InChI=1S/C25H17F4N7O2S2/c1-12-6-7-15(26)22(18(12)27)40(37,38)36-16-5-3-4-14(19(16)28)20-21(17-8-9-31-25(30-2)34-17)39-23(35-20)13-10-32-24(29)33-11-13/h3-11,36H,1-2H3,(H,30,31,34). The molecule has 204 valence electrons. The van der Waals surface area contributed by atoms with Gasteiger partial charge in [-0.15, -0.1) is 11.3 Å².